The Bertz CT molecular complexity index is 962. The third kappa shape index (κ3) is 1.86. The molecule has 1 aromatic heterocycles. The number of aromatic nitrogens is 2. The molecule has 2 nitrogen and oxygen atoms in total. The first-order chi connectivity index (χ1) is 11.7. The molecule has 2 bridgehead atoms. The van der Waals surface area contributed by atoms with E-state index in [1.54, 1.807) is 11.1 Å². The van der Waals surface area contributed by atoms with Gasteiger partial charge in [-0.1, -0.05) is 30.3 Å². The van der Waals surface area contributed by atoms with Crippen LogP contribution in [0.4, 0.5) is 0 Å². The Balaban J connectivity index is 1.87. The monoisotopic (exact) mass is 315 g/mol. The van der Waals surface area contributed by atoms with Gasteiger partial charge in [-0.3, -0.25) is 0 Å². The largest absolute Gasteiger partial charge is 0.289 e. The summed E-state index contributed by atoms with van der Waals surface area (Å²) in [6.07, 6.45) is 9.24. The van der Waals surface area contributed by atoms with Crippen LogP contribution in [0.3, 0.4) is 0 Å². The van der Waals surface area contributed by atoms with E-state index in [1.807, 2.05) is 0 Å². The van der Waals surface area contributed by atoms with Gasteiger partial charge >= 0.3 is 0 Å². The van der Waals surface area contributed by atoms with E-state index < -0.39 is 0 Å². The van der Waals surface area contributed by atoms with Crippen molar-refractivity contribution in [3.63, 3.8) is 0 Å². The average Bonchev–Trinajstić information content (AvgIpc) is 3.12. The molecule has 3 aromatic rings. The highest BCUT2D eigenvalue weighted by molar-refractivity contribution is 5.85. The highest BCUT2D eigenvalue weighted by atomic mass is 15.1. The fraction of sp³-hybridized carbons (Fsp3) is 0.318. The molecule has 0 radical (unpaired) electrons. The SMILES string of the molecule is Cc1ccc2c3c1-c1n(cc[n+]1C)CCCCc1cccc-2c1C3. The summed E-state index contributed by atoms with van der Waals surface area (Å²) in [6.45, 7) is 3.37. The Labute approximate surface area is 143 Å². The van der Waals surface area contributed by atoms with Crippen molar-refractivity contribution in [2.45, 2.75) is 39.2 Å². The molecular weight excluding hydrogens is 292 g/mol. The van der Waals surface area contributed by atoms with E-state index >= 15 is 0 Å². The molecule has 0 atom stereocenters. The smallest absolute Gasteiger partial charge is 0.233 e. The summed E-state index contributed by atoms with van der Waals surface area (Å²) in [6, 6.07) is 11.5. The Morgan fingerprint density at radius 3 is 2.79 bits per heavy atom. The number of imidazole rings is 1. The van der Waals surface area contributed by atoms with Crippen LogP contribution in [-0.2, 0) is 26.4 Å². The van der Waals surface area contributed by atoms with Crippen LogP contribution in [-0.4, -0.2) is 4.57 Å². The van der Waals surface area contributed by atoms with Gasteiger partial charge < -0.3 is 0 Å². The first kappa shape index (κ1) is 14.0. The quantitative estimate of drug-likeness (QED) is 0.430. The van der Waals surface area contributed by atoms with Crippen LogP contribution in [0.5, 0.6) is 0 Å². The maximum atomic E-state index is 2.45. The minimum Gasteiger partial charge on any atom is -0.233 e. The second-order valence-electron chi connectivity index (χ2n) is 7.29. The van der Waals surface area contributed by atoms with E-state index in [-0.39, 0.29) is 0 Å². The number of aryl methyl sites for hydroxylation is 4. The number of nitrogens with zero attached hydrogens (tertiary/aromatic N) is 2. The van der Waals surface area contributed by atoms with Crippen molar-refractivity contribution in [3.05, 3.63) is 65.0 Å². The van der Waals surface area contributed by atoms with Crippen molar-refractivity contribution < 1.29 is 4.57 Å². The molecule has 2 heteroatoms. The number of benzene rings is 2. The summed E-state index contributed by atoms with van der Waals surface area (Å²) in [4.78, 5) is 0. The van der Waals surface area contributed by atoms with Crippen LogP contribution >= 0.6 is 0 Å². The van der Waals surface area contributed by atoms with E-state index in [0.29, 0.717) is 0 Å². The molecule has 120 valence electrons. The average molecular weight is 315 g/mol. The third-order valence-corrected chi connectivity index (χ3v) is 5.83. The Morgan fingerprint density at radius 2 is 1.88 bits per heavy atom. The molecule has 0 unspecified atom stereocenters. The van der Waals surface area contributed by atoms with Gasteiger partial charge in [0.15, 0.2) is 0 Å². The number of hydrogen-bond donors (Lipinski definition) is 0. The van der Waals surface area contributed by atoms with E-state index in [1.165, 1.54) is 52.9 Å². The fourth-order valence-corrected chi connectivity index (χ4v) is 4.64. The molecule has 2 aromatic carbocycles. The molecule has 24 heavy (non-hydrogen) atoms. The molecule has 0 saturated heterocycles. The molecule has 2 aliphatic rings. The maximum absolute atomic E-state index is 2.45. The van der Waals surface area contributed by atoms with Crippen LogP contribution in [0.2, 0.25) is 0 Å². The van der Waals surface area contributed by atoms with Crippen LogP contribution in [0.25, 0.3) is 22.5 Å². The summed E-state index contributed by atoms with van der Waals surface area (Å²) in [5, 5.41) is 0. The lowest BCUT2D eigenvalue weighted by atomic mass is 9.96. The molecule has 2 heterocycles. The first-order valence-electron chi connectivity index (χ1n) is 9.03. The minimum absolute atomic E-state index is 1.09. The van der Waals surface area contributed by atoms with E-state index in [4.69, 9.17) is 0 Å². The first-order valence-corrected chi connectivity index (χ1v) is 9.03. The van der Waals surface area contributed by atoms with Gasteiger partial charge in [-0.25, -0.2) is 9.13 Å². The Kier molecular flexibility index (Phi) is 2.97. The van der Waals surface area contributed by atoms with Crippen molar-refractivity contribution in [1.29, 1.82) is 0 Å². The summed E-state index contributed by atoms with van der Waals surface area (Å²) in [7, 11) is 2.18. The summed E-state index contributed by atoms with van der Waals surface area (Å²) in [5.74, 6) is 1.36. The minimum atomic E-state index is 1.09. The van der Waals surface area contributed by atoms with Crippen molar-refractivity contribution in [2.75, 3.05) is 0 Å². The van der Waals surface area contributed by atoms with Gasteiger partial charge in [-0.2, -0.15) is 0 Å². The Hall–Kier alpha value is -2.35. The highest BCUT2D eigenvalue weighted by Gasteiger charge is 2.30. The van der Waals surface area contributed by atoms with E-state index in [9.17, 15) is 0 Å². The zero-order valence-electron chi connectivity index (χ0n) is 14.5. The molecular formula is C22H23N2+. The van der Waals surface area contributed by atoms with Crippen molar-refractivity contribution >= 4 is 0 Å². The molecule has 1 aliphatic heterocycles. The van der Waals surface area contributed by atoms with E-state index in [2.05, 4.69) is 65.8 Å². The lowest BCUT2D eigenvalue weighted by Gasteiger charge is -2.12. The van der Waals surface area contributed by atoms with Gasteiger partial charge in [0.1, 0.15) is 12.4 Å². The normalized spacial score (nSPS) is 15.1. The van der Waals surface area contributed by atoms with E-state index in [0.717, 1.165) is 13.0 Å². The molecule has 0 amide bonds. The molecule has 0 saturated carbocycles. The number of hydrogen-bond acceptors (Lipinski definition) is 0. The lowest BCUT2D eigenvalue weighted by Crippen LogP contribution is -2.30. The molecule has 5 rings (SSSR count). The summed E-state index contributed by atoms with van der Waals surface area (Å²) >= 11 is 0. The van der Waals surface area contributed by atoms with Crippen LogP contribution in [0, 0.1) is 6.92 Å². The third-order valence-electron chi connectivity index (χ3n) is 5.83. The zero-order valence-corrected chi connectivity index (χ0v) is 14.5. The predicted molar refractivity (Wildman–Crippen MR) is 97.0 cm³/mol. The van der Waals surface area contributed by atoms with Gasteiger partial charge in [0.05, 0.1) is 19.2 Å². The van der Waals surface area contributed by atoms with Crippen LogP contribution in [0.15, 0.2) is 42.7 Å². The molecule has 0 spiro atoms. The standard InChI is InChI=1S/C22H23N2/c1-15-9-10-18-17-8-5-7-16-6-3-4-11-24-13-12-23(2)22(24)21(15)20(18)14-19(16)17/h5,7-10,12-13H,3-4,6,11,14H2,1-2H3/q+1. The number of rotatable bonds is 0. The van der Waals surface area contributed by atoms with Gasteiger partial charge in [-0.15, -0.1) is 0 Å². The van der Waals surface area contributed by atoms with Crippen LogP contribution < -0.4 is 4.57 Å². The van der Waals surface area contributed by atoms with Gasteiger partial charge in [0.25, 0.3) is 5.82 Å². The Morgan fingerprint density at radius 1 is 1.00 bits per heavy atom. The zero-order chi connectivity index (χ0) is 16.3. The molecule has 0 N–H and O–H groups in total. The van der Waals surface area contributed by atoms with Gasteiger partial charge in [-0.05, 0) is 66.0 Å². The maximum Gasteiger partial charge on any atom is 0.289 e. The topological polar surface area (TPSA) is 8.81 Å². The molecule has 0 fully saturated rings. The van der Waals surface area contributed by atoms with Gasteiger partial charge in [0.2, 0.25) is 0 Å². The number of fused-ring (bicyclic) bond motifs is 3. The van der Waals surface area contributed by atoms with Crippen molar-refractivity contribution in [3.8, 4) is 22.5 Å². The fourth-order valence-electron chi connectivity index (χ4n) is 4.64. The summed E-state index contributed by atoms with van der Waals surface area (Å²) < 4.78 is 4.75. The highest BCUT2D eigenvalue weighted by Crippen LogP contribution is 2.44. The summed E-state index contributed by atoms with van der Waals surface area (Å²) in [5.41, 5.74) is 10.4. The van der Waals surface area contributed by atoms with Crippen molar-refractivity contribution in [2.24, 2.45) is 7.05 Å². The van der Waals surface area contributed by atoms with Gasteiger partial charge in [0, 0.05) is 0 Å². The van der Waals surface area contributed by atoms with Crippen molar-refractivity contribution in [1.82, 2.24) is 4.57 Å². The lowest BCUT2D eigenvalue weighted by molar-refractivity contribution is -0.659. The second kappa shape index (κ2) is 5.07. The second-order valence-corrected chi connectivity index (χ2v) is 7.29. The molecule has 1 aliphatic carbocycles. The predicted octanol–water partition coefficient (Wildman–Crippen LogP) is 4.20. The van der Waals surface area contributed by atoms with Crippen LogP contribution in [0.1, 0.15) is 35.1 Å².